The summed E-state index contributed by atoms with van der Waals surface area (Å²) in [4.78, 5) is 17.9. The number of urea groups is 1. The van der Waals surface area contributed by atoms with Crippen molar-refractivity contribution in [2.24, 2.45) is 0 Å². The van der Waals surface area contributed by atoms with Crippen LogP contribution in [0.25, 0.3) is 0 Å². The van der Waals surface area contributed by atoms with Gasteiger partial charge in [0.05, 0.1) is 6.61 Å². The lowest BCUT2D eigenvalue weighted by Crippen LogP contribution is -2.43. The quantitative estimate of drug-likeness (QED) is 0.782. The molecule has 1 heterocycles. The van der Waals surface area contributed by atoms with Crippen LogP contribution >= 0.6 is 0 Å². The van der Waals surface area contributed by atoms with Gasteiger partial charge in [0, 0.05) is 32.0 Å². The molecule has 0 spiro atoms. The molecule has 0 radical (unpaired) electrons. The van der Waals surface area contributed by atoms with Gasteiger partial charge >= 0.3 is 6.03 Å². The van der Waals surface area contributed by atoms with E-state index in [1.165, 1.54) is 5.56 Å². The minimum absolute atomic E-state index is 0.0369. The van der Waals surface area contributed by atoms with E-state index >= 15 is 0 Å². The van der Waals surface area contributed by atoms with Crippen LogP contribution in [0.3, 0.4) is 0 Å². The van der Waals surface area contributed by atoms with E-state index in [2.05, 4.69) is 10.3 Å². The van der Waals surface area contributed by atoms with Crippen LogP contribution < -0.4 is 5.32 Å². The van der Waals surface area contributed by atoms with Crippen molar-refractivity contribution < 1.29 is 9.90 Å². The van der Waals surface area contributed by atoms with Crippen LogP contribution in [0.4, 0.5) is 4.79 Å². The molecular formula is C18H23N3O2. The van der Waals surface area contributed by atoms with Crippen LogP contribution in [0, 0.1) is 0 Å². The maximum atomic E-state index is 12.2. The summed E-state index contributed by atoms with van der Waals surface area (Å²) < 4.78 is 0. The van der Waals surface area contributed by atoms with E-state index in [0.717, 1.165) is 18.4 Å². The second kappa shape index (κ2) is 9.58. The monoisotopic (exact) mass is 313 g/mol. The number of amides is 2. The zero-order chi connectivity index (χ0) is 16.3. The largest absolute Gasteiger partial charge is 0.395 e. The molecule has 0 unspecified atom stereocenters. The fraction of sp³-hybridized carbons (Fsp3) is 0.333. The molecule has 0 fully saturated rings. The Balaban J connectivity index is 1.78. The number of carbonyl (C=O) groups is 1. The first-order valence-corrected chi connectivity index (χ1v) is 7.86. The Hall–Kier alpha value is -2.40. The lowest BCUT2D eigenvalue weighted by molar-refractivity contribution is 0.178. The number of carbonyl (C=O) groups excluding carboxylic acids is 1. The second-order valence-corrected chi connectivity index (χ2v) is 5.29. The summed E-state index contributed by atoms with van der Waals surface area (Å²) in [5, 5.41) is 12.1. The van der Waals surface area contributed by atoms with E-state index in [0.29, 0.717) is 19.6 Å². The van der Waals surface area contributed by atoms with E-state index in [1.807, 2.05) is 42.5 Å². The third-order valence-electron chi connectivity index (χ3n) is 3.58. The first-order valence-electron chi connectivity index (χ1n) is 7.86. The average Bonchev–Trinajstić information content (AvgIpc) is 2.60. The predicted octanol–water partition coefficient (Wildman–Crippen LogP) is 1.87. The summed E-state index contributed by atoms with van der Waals surface area (Å²) in [6.07, 6.45) is 5.05. The minimum Gasteiger partial charge on any atom is -0.395 e. The molecule has 122 valence electrons. The van der Waals surface area contributed by atoms with Gasteiger partial charge in [-0.2, -0.15) is 0 Å². The predicted molar refractivity (Wildman–Crippen MR) is 90.1 cm³/mol. The zero-order valence-corrected chi connectivity index (χ0v) is 13.2. The summed E-state index contributed by atoms with van der Waals surface area (Å²) in [5.74, 6) is 0. The first kappa shape index (κ1) is 17.0. The molecule has 5 nitrogen and oxygen atoms in total. The van der Waals surface area contributed by atoms with Crippen LogP contribution in [-0.4, -0.2) is 47.3 Å². The average molecular weight is 313 g/mol. The second-order valence-electron chi connectivity index (χ2n) is 5.29. The van der Waals surface area contributed by atoms with E-state index in [4.69, 9.17) is 5.11 Å². The van der Waals surface area contributed by atoms with Crippen LogP contribution in [0.5, 0.6) is 0 Å². The summed E-state index contributed by atoms with van der Waals surface area (Å²) >= 11 is 0. The number of pyridine rings is 1. The van der Waals surface area contributed by atoms with Crippen molar-refractivity contribution in [1.29, 1.82) is 0 Å². The van der Waals surface area contributed by atoms with Gasteiger partial charge in [0.2, 0.25) is 0 Å². The van der Waals surface area contributed by atoms with E-state index in [-0.39, 0.29) is 12.6 Å². The Morgan fingerprint density at radius 1 is 1.04 bits per heavy atom. The van der Waals surface area contributed by atoms with Crippen LogP contribution in [-0.2, 0) is 12.8 Å². The normalized spacial score (nSPS) is 10.3. The van der Waals surface area contributed by atoms with Gasteiger partial charge in [-0.15, -0.1) is 0 Å². The topological polar surface area (TPSA) is 65.5 Å². The smallest absolute Gasteiger partial charge is 0.317 e. The SMILES string of the molecule is O=C(NCCc1cccnc1)N(CCO)CCc1ccccc1. The summed E-state index contributed by atoms with van der Waals surface area (Å²) in [7, 11) is 0. The third kappa shape index (κ3) is 6.08. The van der Waals surface area contributed by atoms with E-state index < -0.39 is 0 Å². The van der Waals surface area contributed by atoms with Gasteiger partial charge in [-0.05, 0) is 30.0 Å². The van der Waals surface area contributed by atoms with E-state index in [1.54, 1.807) is 17.3 Å². The highest BCUT2D eigenvalue weighted by Crippen LogP contribution is 2.02. The molecule has 2 rings (SSSR count). The summed E-state index contributed by atoms with van der Waals surface area (Å²) in [6, 6.07) is 13.8. The van der Waals surface area contributed by atoms with Crippen LogP contribution in [0.1, 0.15) is 11.1 Å². The Bertz CT molecular complexity index is 575. The maximum Gasteiger partial charge on any atom is 0.317 e. The fourth-order valence-electron chi connectivity index (χ4n) is 2.32. The van der Waals surface area contributed by atoms with Gasteiger partial charge in [-0.3, -0.25) is 4.98 Å². The molecule has 0 saturated heterocycles. The molecule has 0 aliphatic heterocycles. The van der Waals surface area contributed by atoms with Crippen molar-refractivity contribution in [2.75, 3.05) is 26.2 Å². The lowest BCUT2D eigenvalue weighted by Gasteiger charge is -2.22. The fourth-order valence-corrected chi connectivity index (χ4v) is 2.32. The first-order chi connectivity index (χ1) is 11.3. The van der Waals surface area contributed by atoms with Crippen molar-refractivity contribution in [3.8, 4) is 0 Å². The molecule has 0 aliphatic rings. The molecule has 5 heteroatoms. The van der Waals surface area contributed by atoms with Crippen LogP contribution in [0.15, 0.2) is 54.9 Å². The van der Waals surface area contributed by atoms with Crippen LogP contribution in [0.2, 0.25) is 0 Å². The van der Waals surface area contributed by atoms with Gasteiger partial charge in [-0.25, -0.2) is 4.79 Å². The molecule has 0 aliphatic carbocycles. The van der Waals surface area contributed by atoms with Crippen molar-refractivity contribution in [2.45, 2.75) is 12.8 Å². The molecule has 1 aromatic heterocycles. The molecule has 0 bridgehead atoms. The van der Waals surface area contributed by atoms with Gasteiger partial charge in [0.15, 0.2) is 0 Å². The number of hydrogen-bond donors (Lipinski definition) is 2. The van der Waals surface area contributed by atoms with Crippen molar-refractivity contribution in [3.05, 3.63) is 66.0 Å². The molecule has 2 amide bonds. The number of nitrogens with zero attached hydrogens (tertiary/aromatic N) is 2. The molecule has 0 atom stereocenters. The summed E-state index contributed by atoms with van der Waals surface area (Å²) in [5.41, 5.74) is 2.27. The highest BCUT2D eigenvalue weighted by molar-refractivity contribution is 5.74. The standard InChI is InChI=1S/C18H23N3O2/c22-14-13-21(12-9-16-5-2-1-3-6-16)18(23)20-11-8-17-7-4-10-19-15-17/h1-7,10,15,22H,8-9,11-14H2,(H,20,23). The number of hydrogen-bond acceptors (Lipinski definition) is 3. The van der Waals surface area contributed by atoms with Gasteiger partial charge in [0.25, 0.3) is 0 Å². The summed E-state index contributed by atoms with van der Waals surface area (Å²) in [6.45, 7) is 1.44. The zero-order valence-electron chi connectivity index (χ0n) is 13.2. The molecule has 2 N–H and O–H groups in total. The van der Waals surface area contributed by atoms with Gasteiger partial charge in [0.1, 0.15) is 0 Å². The molecule has 1 aromatic carbocycles. The number of nitrogens with one attached hydrogen (secondary N) is 1. The molecule has 0 saturated carbocycles. The van der Waals surface area contributed by atoms with E-state index in [9.17, 15) is 4.79 Å². The Morgan fingerprint density at radius 3 is 2.52 bits per heavy atom. The van der Waals surface area contributed by atoms with Crippen molar-refractivity contribution >= 4 is 6.03 Å². The molecular weight excluding hydrogens is 290 g/mol. The Kier molecular flexibility index (Phi) is 7.07. The van der Waals surface area contributed by atoms with Gasteiger partial charge in [-0.1, -0.05) is 36.4 Å². The third-order valence-corrected chi connectivity index (χ3v) is 3.58. The number of aliphatic hydroxyl groups excluding tert-OH is 1. The maximum absolute atomic E-state index is 12.2. The van der Waals surface area contributed by atoms with Gasteiger partial charge < -0.3 is 15.3 Å². The Morgan fingerprint density at radius 2 is 1.83 bits per heavy atom. The number of aliphatic hydroxyl groups is 1. The molecule has 2 aromatic rings. The number of rotatable bonds is 8. The lowest BCUT2D eigenvalue weighted by atomic mass is 10.1. The molecule has 23 heavy (non-hydrogen) atoms. The highest BCUT2D eigenvalue weighted by atomic mass is 16.3. The number of aromatic nitrogens is 1. The van der Waals surface area contributed by atoms with Crippen molar-refractivity contribution in [3.63, 3.8) is 0 Å². The highest BCUT2D eigenvalue weighted by Gasteiger charge is 2.12. The van der Waals surface area contributed by atoms with Crippen molar-refractivity contribution in [1.82, 2.24) is 15.2 Å². The Labute approximate surface area is 137 Å². The minimum atomic E-state index is -0.140. The number of benzene rings is 1.